The Hall–Kier alpha value is -2.09. The molecule has 27 heavy (non-hydrogen) atoms. The van der Waals surface area contributed by atoms with Gasteiger partial charge in [-0.3, -0.25) is 4.79 Å². The lowest BCUT2D eigenvalue weighted by Gasteiger charge is -2.19. The van der Waals surface area contributed by atoms with Crippen LogP contribution in [0.5, 0.6) is 5.75 Å². The number of carbonyl (C=O) groups is 1. The Bertz CT molecular complexity index is 912. The van der Waals surface area contributed by atoms with Gasteiger partial charge in [0.2, 0.25) is 10.0 Å². The molecule has 0 bridgehead atoms. The molecule has 0 spiro atoms. The van der Waals surface area contributed by atoms with E-state index in [2.05, 4.69) is 0 Å². The second-order valence-electron chi connectivity index (χ2n) is 6.32. The number of hydrogen-bond acceptors (Lipinski definition) is 4. The van der Waals surface area contributed by atoms with E-state index in [1.807, 2.05) is 31.2 Å². The van der Waals surface area contributed by atoms with E-state index < -0.39 is 10.0 Å². The third-order valence-electron chi connectivity index (χ3n) is 4.01. The molecule has 0 aliphatic heterocycles. The van der Waals surface area contributed by atoms with Crippen molar-refractivity contribution in [2.45, 2.75) is 11.8 Å². The summed E-state index contributed by atoms with van der Waals surface area (Å²) in [6, 6.07) is 11.7. The second kappa shape index (κ2) is 8.73. The van der Waals surface area contributed by atoms with Crippen molar-refractivity contribution in [3.8, 4) is 5.75 Å². The van der Waals surface area contributed by atoms with Gasteiger partial charge in [0.1, 0.15) is 12.4 Å². The number of hydrogen-bond donors (Lipinski definition) is 0. The van der Waals surface area contributed by atoms with Crippen LogP contribution in [0.3, 0.4) is 0 Å². The maximum atomic E-state index is 12.7. The molecule has 1 amide bonds. The van der Waals surface area contributed by atoms with Crippen molar-refractivity contribution in [3.05, 3.63) is 58.6 Å². The first-order valence-corrected chi connectivity index (χ1v) is 10.1. The smallest absolute Gasteiger partial charge is 0.255 e. The number of rotatable bonds is 7. The summed E-state index contributed by atoms with van der Waals surface area (Å²) in [5, 5.41) is 0.198. The first-order chi connectivity index (χ1) is 12.6. The standard InChI is InChI=1S/C19H23ClN2O4S/c1-14-5-7-15(8-6-14)26-12-11-22(4)19(23)17-13-16(9-10-18(17)20)27(24,25)21(2)3/h5-10,13H,11-12H2,1-4H3. The lowest BCUT2D eigenvalue weighted by atomic mass is 10.2. The highest BCUT2D eigenvalue weighted by molar-refractivity contribution is 7.89. The first kappa shape index (κ1) is 21.2. The minimum absolute atomic E-state index is 0.0181. The van der Waals surface area contributed by atoms with E-state index in [0.717, 1.165) is 15.6 Å². The third kappa shape index (κ3) is 5.22. The highest BCUT2D eigenvalue weighted by Crippen LogP contribution is 2.23. The van der Waals surface area contributed by atoms with Crippen molar-refractivity contribution in [2.24, 2.45) is 0 Å². The molecular formula is C19H23ClN2O4S. The van der Waals surface area contributed by atoms with Gasteiger partial charge in [0.15, 0.2) is 0 Å². The van der Waals surface area contributed by atoms with Crippen LogP contribution in [0.25, 0.3) is 0 Å². The van der Waals surface area contributed by atoms with Crippen molar-refractivity contribution in [3.63, 3.8) is 0 Å². The molecule has 0 radical (unpaired) electrons. The molecule has 0 aliphatic carbocycles. The summed E-state index contributed by atoms with van der Waals surface area (Å²) >= 11 is 6.12. The molecule has 0 atom stereocenters. The van der Waals surface area contributed by atoms with Gasteiger partial charge in [-0.05, 0) is 37.3 Å². The van der Waals surface area contributed by atoms with Crippen molar-refractivity contribution in [2.75, 3.05) is 34.3 Å². The number of ether oxygens (including phenoxy) is 1. The van der Waals surface area contributed by atoms with E-state index in [-0.39, 0.29) is 21.4 Å². The molecule has 2 aromatic rings. The van der Waals surface area contributed by atoms with Gasteiger partial charge in [-0.25, -0.2) is 12.7 Å². The van der Waals surface area contributed by atoms with Gasteiger partial charge in [0.05, 0.1) is 22.0 Å². The number of nitrogens with zero attached hydrogens (tertiary/aromatic N) is 2. The van der Waals surface area contributed by atoms with Crippen LogP contribution in [-0.2, 0) is 10.0 Å². The molecule has 6 nitrogen and oxygen atoms in total. The molecule has 0 fully saturated rings. The average molecular weight is 411 g/mol. The summed E-state index contributed by atoms with van der Waals surface area (Å²) in [6.45, 7) is 2.62. The van der Waals surface area contributed by atoms with Crippen LogP contribution in [0.4, 0.5) is 0 Å². The predicted octanol–water partition coefficient (Wildman–Crippen LogP) is 3.05. The van der Waals surface area contributed by atoms with Gasteiger partial charge in [-0.1, -0.05) is 29.3 Å². The molecule has 0 heterocycles. The normalized spacial score (nSPS) is 11.5. The largest absolute Gasteiger partial charge is 0.492 e. The van der Waals surface area contributed by atoms with Crippen LogP contribution in [0, 0.1) is 6.92 Å². The zero-order valence-corrected chi connectivity index (χ0v) is 17.3. The zero-order valence-electron chi connectivity index (χ0n) is 15.8. The van der Waals surface area contributed by atoms with E-state index in [1.54, 1.807) is 7.05 Å². The minimum Gasteiger partial charge on any atom is -0.492 e. The monoisotopic (exact) mass is 410 g/mol. The highest BCUT2D eigenvalue weighted by atomic mass is 35.5. The van der Waals surface area contributed by atoms with E-state index in [4.69, 9.17) is 16.3 Å². The maximum Gasteiger partial charge on any atom is 0.255 e. The fourth-order valence-corrected chi connectivity index (χ4v) is 3.41. The number of halogens is 1. The van der Waals surface area contributed by atoms with E-state index >= 15 is 0 Å². The minimum atomic E-state index is -3.65. The number of likely N-dealkylation sites (N-methyl/N-ethyl adjacent to an activating group) is 1. The lowest BCUT2D eigenvalue weighted by molar-refractivity contribution is 0.0773. The van der Waals surface area contributed by atoms with Gasteiger partial charge in [-0.15, -0.1) is 0 Å². The number of carbonyl (C=O) groups excluding carboxylic acids is 1. The molecule has 0 N–H and O–H groups in total. The molecule has 0 saturated carbocycles. The fourth-order valence-electron chi connectivity index (χ4n) is 2.28. The SMILES string of the molecule is Cc1ccc(OCCN(C)C(=O)c2cc(S(=O)(=O)N(C)C)ccc2Cl)cc1. The van der Waals surface area contributed by atoms with Crippen molar-refractivity contribution in [1.29, 1.82) is 0 Å². The van der Waals surface area contributed by atoms with Gasteiger partial charge < -0.3 is 9.64 Å². The summed E-state index contributed by atoms with van der Waals surface area (Å²) in [5.74, 6) is 0.349. The van der Waals surface area contributed by atoms with Crippen molar-refractivity contribution < 1.29 is 17.9 Å². The van der Waals surface area contributed by atoms with Crippen molar-refractivity contribution >= 4 is 27.5 Å². The molecule has 8 heteroatoms. The topological polar surface area (TPSA) is 66.9 Å². The Balaban J connectivity index is 2.08. The first-order valence-electron chi connectivity index (χ1n) is 8.30. The number of aryl methyl sites for hydroxylation is 1. The van der Waals surface area contributed by atoms with Crippen LogP contribution < -0.4 is 4.74 Å². The highest BCUT2D eigenvalue weighted by Gasteiger charge is 2.22. The molecule has 0 unspecified atom stereocenters. The maximum absolute atomic E-state index is 12.7. The Morgan fingerprint density at radius 2 is 1.70 bits per heavy atom. The Morgan fingerprint density at radius 1 is 1.07 bits per heavy atom. The lowest BCUT2D eigenvalue weighted by Crippen LogP contribution is -2.31. The summed E-state index contributed by atoms with van der Waals surface area (Å²) in [7, 11) is 0.824. The molecule has 0 aliphatic rings. The van der Waals surface area contributed by atoms with Crippen LogP contribution in [-0.4, -0.2) is 57.8 Å². The quantitative estimate of drug-likeness (QED) is 0.703. The fraction of sp³-hybridized carbons (Fsp3) is 0.316. The van der Waals surface area contributed by atoms with E-state index in [0.29, 0.717) is 13.2 Å². The van der Waals surface area contributed by atoms with Crippen LogP contribution in [0.2, 0.25) is 5.02 Å². The average Bonchev–Trinajstić information content (AvgIpc) is 2.62. The van der Waals surface area contributed by atoms with Gasteiger partial charge in [0.25, 0.3) is 5.91 Å². The summed E-state index contributed by atoms with van der Waals surface area (Å²) in [4.78, 5) is 14.1. The second-order valence-corrected chi connectivity index (χ2v) is 8.88. The molecular weight excluding hydrogens is 388 g/mol. The van der Waals surface area contributed by atoms with Crippen molar-refractivity contribution in [1.82, 2.24) is 9.21 Å². The summed E-state index contributed by atoms with van der Waals surface area (Å²) in [5.41, 5.74) is 1.27. The predicted molar refractivity (Wildman–Crippen MR) is 106 cm³/mol. The number of benzene rings is 2. The van der Waals surface area contributed by atoms with Crippen LogP contribution >= 0.6 is 11.6 Å². The zero-order chi connectivity index (χ0) is 20.2. The van der Waals surface area contributed by atoms with Gasteiger partial charge in [0, 0.05) is 21.1 Å². The molecule has 146 valence electrons. The van der Waals surface area contributed by atoms with E-state index in [1.165, 1.54) is 37.2 Å². The third-order valence-corrected chi connectivity index (χ3v) is 6.15. The van der Waals surface area contributed by atoms with Crippen LogP contribution in [0.1, 0.15) is 15.9 Å². The summed E-state index contributed by atoms with van der Waals surface area (Å²) < 4.78 is 31.3. The van der Waals surface area contributed by atoms with Gasteiger partial charge in [-0.2, -0.15) is 0 Å². The van der Waals surface area contributed by atoms with E-state index in [9.17, 15) is 13.2 Å². The molecule has 2 rings (SSSR count). The number of amides is 1. The van der Waals surface area contributed by atoms with Crippen LogP contribution in [0.15, 0.2) is 47.4 Å². The summed E-state index contributed by atoms with van der Waals surface area (Å²) in [6.07, 6.45) is 0. The Labute approximate surface area is 165 Å². The molecule has 0 saturated heterocycles. The van der Waals surface area contributed by atoms with Gasteiger partial charge >= 0.3 is 0 Å². The molecule has 2 aromatic carbocycles. The Kier molecular flexibility index (Phi) is 6.86. The molecule has 0 aromatic heterocycles. The number of sulfonamides is 1. The Morgan fingerprint density at radius 3 is 2.30 bits per heavy atom.